The van der Waals surface area contributed by atoms with E-state index in [1.165, 1.54) is 26.5 Å². The lowest BCUT2D eigenvalue weighted by Crippen LogP contribution is -2.12. The van der Waals surface area contributed by atoms with Crippen LogP contribution in [0.5, 0.6) is 11.5 Å². The Labute approximate surface area is 172 Å². The highest BCUT2D eigenvalue weighted by Crippen LogP contribution is 2.39. The molecule has 164 valence electrons. The summed E-state index contributed by atoms with van der Waals surface area (Å²) in [4.78, 5) is 3.21. The average molecular weight is 443 g/mol. The molecule has 0 aliphatic rings. The SMILES string of the molecule is COc1ccc(/C=N/Nc2cc(C(F)(F)F)nc3c(C(F)(F)F)cccc23)cc1OC. The highest BCUT2D eigenvalue weighted by Gasteiger charge is 2.37. The lowest BCUT2D eigenvalue weighted by molar-refractivity contribution is -0.142. The van der Waals surface area contributed by atoms with E-state index in [2.05, 4.69) is 15.5 Å². The highest BCUT2D eigenvalue weighted by atomic mass is 19.4. The molecule has 11 heteroatoms. The van der Waals surface area contributed by atoms with E-state index in [9.17, 15) is 26.3 Å². The second-order valence-electron chi connectivity index (χ2n) is 6.24. The number of hydrazone groups is 1. The molecule has 0 aliphatic heterocycles. The quantitative estimate of drug-likeness (QED) is 0.311. The molecule has 3 rings (SSSR count). The topological polar surface area (TPSA) is 55.7 Å². The lowest BCUT2D eigenvalue weighted by atomic mass is 10.1. The van der Waals surface area contributed by atoms with Crippen LogP contribution in [0.2, 0.25) is 0 Å². The standard InChI is InChI=1S/C20H15F6N3O2/c1-30-15-7-6-11(8-16(15)31-2)10-27-29-14-9-17(20(24,25)26)28-18-12(14)4-3-5-13(18)19(21,22)23/h3-10H,1-2H3,(H,28,29)/b27-10+. The van der Waals surface area contributed by atoms with E-state index in [0.29, 0.717) is 29.2 Å². The number of alkyl halides is 6. The highest BCUT2D eigenvalue weighted by molar-refractivity contribution is 5.94. The van der Waals surface area contributed by atoms with Gasteiger partial charge in [-0.05, 0) is 35.9 Å². The van der Waals surface area contributed by atoms with E-state index in [1.807, 2.05) is 0 Å². The molecule has 1 aromatic heterocycles. The molecule has 0 unspecified atom stereocenters. The first-order valence-corrected chi connectivity index (χ1v) is 8.64. The van der Waals surface area contributed by atoms with Gasteiger partial charge in [-0.2, -0.15) is 31.4 Å². The number of rotatable bonds is 5. The van der Waals surface area contributed by atoms with Crippen molar-refractivity contribution in [2.45, 2.75) is 12.4 Å². The fourth-order valence-electron chi connectivity index (χ4n) is 2.82. The molecule has 5 nitrogen and oxygen atoms in total. The number of para-hydroxylation sites is 1. The van der Waals surface area contributed by atoms with Crippen molar-refractivity contribution in [3.63, 3.8) is 0 Å². The number of nitrogens with one attached hydrogen (secondary N) is 1. The zero-order chi connectivity index (χ0) is 22.8. The maximum absolute atomic E-state index is 13.3. The van der Waals surface area contributed by atoms with Crippen molar-refractivity contribution in [3.8, 4) is 11.5 Å². The Kier molecular flexibility index (Phi) is 5.96. The molecule has 0 saturated carbocycles. The Morgan fingerprint density at radius 1 is 0.903 bits per heavy atom. The molecule has 0 bridgehead atoms. The molecule has 0 saturated heterocycles. The molecule has 0 fully saturated rings. The van der Waals surface area contributed by atoms with Crippen molar-refractivity contribution in [1.29, 1.82) is 0 Å². The van der Waals surface area contributed by atoms with Gasteiger partial charge >= 0.3 is 12.4 Å². The van der Waals surface area contributed by atoms with Crippen LogP contribution in [0.1, 0.15) is 16.8 Å². The number of pyridine rings is 1. The molecule has 0 spiro atoms. The fourth-order valence-corrected chi connectivity index (χ4v) is 2.82. The van der Waals surface area contributed by atoms with Crippen molar-refractivity contribution >= 4 is 22.8 Å². The van der Waals surface area contributed by atoms with E-state index in [-0.39, 0.29) is 11.1 Å². The van der Waals surface area contributed by atoms with Gasteiger partial charge in [0.1, 0.15) is 5.69 Å². The van der Waals surface area contributed by atoms with Crippen LogP contribution in [0.3, 0.4) is 0 Å². The van der Waals surface area contributed by atoms with Crippen molar-refractivity contribution in [2.24, 2.45) is 5.10 Å². The van der Waals surface area contributed by atoms with Gasteiger partial charge in [0.15, 0.2) is 11.5 Å². The van der Waals surface area contributed by atoms with Gasteiger partial charge in [0, 0.05) is 5.39 Å². The monoisotopic (exact) mass is 443 g/mol. The number of ether oxygens (including phenoxy) is 2. The van der Waals surface area contributed by atoms with Gasteiger partial charge < -0.3 is 9.47 Å². The summed E-state index contributed by atoms with van der Waals surface area (Å²) >= 11 is 0. The predicted molar refractivity (Wildman–Crippen MR) is 103 cm³/mol. The molecule has 1 N–H and O–H groups in total. The summed E-state index contributed by atoms with van der Waals surface area (Å²) in [6.45, 7) is 0. The molecule has 2 aromatic carbocycles. The van der Waals surface area contributed by atoms with Gasteiger partial charge in [-0.3, -0.25) is 5.43 Å². The van der Waals surface area contributed by atoms with Crippen LogP contribution < -0.4 is 14.9 Å². The van der Waals surface area contributed by atoms with Crippen LogP contribution in [0.4, 0.5) is 32.0 Å². The summed E-state index contributed by atoms with van der Waals surface area (Å²) < 4.78 is 89.8. The Hall–Kier alpha value is -3.50. The molecule has 0 atom stereocenters. The Balaban J connectivity index is 2.04. The smallest absolute Gasteiger partial charge is 0.433 e. The van der Waals surface area contributed by atoms with Crippen molar-refractivity contribution in [1.82, 2.24) is 4.98 Å². The first-order chi connectivity index (χ1) is 14.5. The molecular formula is C20H15F6N3O2. The number of aromatic nitrogens is 1. The maximum atomic E-state index is 13.3. The second kappa shape index (κ2) is 8.32. The van der Waals surface area contributed by atoms with Gasteiger partial charge in [0.05, 0.1) is 37.2 Å². The second-order valence-corrected chi connectivity index (χ2v) is 6.24. The minimum absolute atomic E-state index is 0.160. The zero-order valence-corrected chi connectivity index (χ0v) is 16.1. The van der Waals surface area contributed by atoms with Gasteiger partial charge in [-0.25, -0.2) is 4.98 Å². The van der Waals surface area contributed by atoms with Gasteiger partial charge in [0.25, 0.3) is 0 Å². The number of nitrogens with zero attached hydrogens (tertiary/aromatic N) is 2. The van der Waals surface area contributed by atoms with E-state index in [0.717, 1.165) is 6.07 Å². The van der Waals surface area contributed by atoms with Crippen LogP contribution in [0.25, 0.3) is 10.9 Å². The molecule has 1 heterocycles. The van der Waals surface area contributed by atoms with Crippen LogP contribution in [0.15, 0.2) is 47.6 Å². The van der Waals surface area contributed by atoms with E-state index in [1.54, 1.807) is 18.2 Å². The van der Waals surface area contributed by atoms with Gasteiger partial charge in [-0.1, -0.05) is 12.1 Å². The third kappa shape index (κ3) is 4.81. The third-order valence-corrected chi connectivity index (χ3v) is 4.24. The van der Waals surface area contributed by atoms with Crippen molar-refractivity contribution < 1.29 is 35.8 Å². The van der Waals surface area contributed by atoms with Crippen molar-refractivity contribution in [3.05, 3.63) is 59.3 Å². The minimum Gasteiger partial charge on any atom is -0.493 e. The molecule has 0 amide bonds. The average Bonchev–Trinajstić information content (AvgIpc) is 2.71. The number of benzene rings is 2. The molecule has 0 aliphatic carbocycles. The van der Waals surface area contributed by atoms with Crippen LogP contribution >= 0.6 is 0 Å². The number of hydrogen-bond acceptors (Lipinski definition) is 5. The first-order valence-electron chi connectivity index (χ1n) is 8.64. The minimum atomic E-state index is -4.95. The predicted octanol–water partition coefficient (Wildman–Crippen LogP) is 5.74. The molecular weight excluding hydrogens is 428 g/mol. The largest absolute Gasteiger partial charge is 0.493 e. The Bertz CT molecular complexity index is 1130. The van der Waals surface area contributed by atoms with Gasteiger partial charge in [0.2, 0.25) is 0 Å². The summed E-state index contributed by atoms with van der Waals surface area (Å²) in [5, 5.41) is 3.70. The van der Waals surface area contributed by atoms with E-state index < -0.39 is 29.1 Å². The number of anilines is 1. The van der Waals surface area contributed by atoms with Gasteiger partial charge in [-0.15, -0.1) is 0 Å². The molecule has 31 heavy (non-hydrogen) atoms. The normalized spacial score (nSPS) is 12.4. The number of halogens is 6. The maximum Gasteiger partial charge on any atom is 0.433 e. The Morgan fingerprint density at radius 2 is 1.61 bits per heavy atom. The number of hydrogen-bond donors (Lipinski definition) is 1. The summed E-state index contributed by atoms with van der Waals surface area (Å²) in [7, 11) is 2.88. The summed E-state index contributed by atoms with van der Waals surface area (Å²) in [5.41, 5.74) is -0.957. The fraction of sp³-hybridized carbons (Fsp3) is 0.200. The van der Waals surface area contributed by atoms with E-state index in [4.69, 9.17) is 9.47 Å². The lowest BCUT2D eigenvalue weighted by Gasteiger charge is -2.15. The Morgan fingerprint density at radius 3 is 2.23 bits per heavy atom. The molecule has 3 aromatic rings. The summed E-state index contributed by atoms with van der Waals surface area (Å²) in [6, 6.07) is 8.37. The van der Waals surface area contributed by atoms with E-state index >= 15 is 0 Å². The van der Waals surface area contributed by atoms with Crippen LogP contribution in [-0.4, -0.2) is 25.4 Å². The summed E-state index contributed by atoms with van der Waals surface area (Å²) in [5.74, 6) is 0.859. The van der Waals surface area contributed by atoms with Crippen LogP contribution in [-0.2, 0) is 12.4 Å². The zero-order valence-electron chi connectivity index (χ0n) is 16.1. The number of methoxy groups -OCH3 is 2. The van der Waals surface area contributed by atoms with Crippen LogP contribution in [0, 0.1) is 0 Å². The third-order valence-electron chi connectivity index (χ3n) is 4.24. The summed E-state index contributed by atoms with van der Waals surface area (Å²) in [6.07, 6.45) is -8.55. The van der Waals surface area contributed by atoms with Crippen molar-refractivity contribution in [2.75, 3.05) is 19.6 Å². The number of fused-ring (bicyclic) bond motifs is 1. The molecule has 0 radical (unpaired) electrons. The first kappa shape index (κ1) is 22.2.